The molecule has 4 nitrogen and oxygen atoms in total. The smallest absolute Gasteiger partial charge is 0.355 e. The van der Waals surface area contributed by atoms with Crippen molar-refractivity contribution in [3.63, 3.8) is 0 Å². The molecule has 0 fully saturated rings. The van der Waals surface area contributed by atoms with Gasteiger partial charge in [0.2, 0.25) is 0 Å². The van der Waals surface area contributed by atoms with Crippen LogP contribution in [0, 0.1) is 0 Å². The van der Waals surface area contributed by atoms with Gasteiger partial charge in [-0.25, -0.2) is 0 Å². The molecule has 0 heterocycles. The summed E-state index contributed by atoms with van der Waals surface area (Å²) in [5, 5.41) is 4.91. The molecule has 2 amide bonds. The molecule has 2 rings (SSSR count). The predicted octanol–water partition coefficient (Wildman–Crippen LogP) is 3.32. The summed E-state index contributed by atoms with van der Waals surface area (Å²) in [6.07, 6.45) is -4.52. The zero-order valence-electron chi connectivity index (χ0n) is 12.1. The minimum Gasteiger partial charge on any atom is -0.355 e. The van der Waals surface area contributed by atoms with Crippen LogP contribution in [0.1, 0.15) is 26.3 Å². The van der Waals surface area contributed by atoms with Gasteiger partial charge < -0.3 is 10.6 Å². The number of hydrogen-bond donors (Lipinski definition) is 2. The quantitative estimate of drug-likeness (QED) is 0.911. The average Bonchev–Trinajstić information content (AvgIpc) is 2.53. The molecule has 0 unspecified atom stereocenters. The maximum absolute atomic E-state index is 12.7. The van der Waals surface area contributed by atoms with Gasteiger partial charge in [0, 0.05) is 23.9 Å². The Morgan fingerprint density at radius 1 is 0.913 bits per heavy atom. The van der Waals surface area contributed by atoms with Crippen molar-refractivity contribution in [1.82, 2.24) is 5.32 Å². The van der Waals surface area contributed by atoms with E-state index in [-0.39, 0.29) is 11.5 Å². The van der Waals surface area contributed by atoms with Gasteiger partial charge in [0.15, 0.2) is 0 Å². The zero-order chi connectivity index (χ0) is 17.0. The largest absolute Gasteiger partial charge is 0.416 e. The molecule has 0 spiro atoms. The molecule has 0 aliphatic heterocycles. The van der Waals surface area contributed by atoms with E-state index in [1.54, 1.807) is 12.1 Å². The van der Waals surface area contributed by atoms with Crippen molar-refractivity contribution in [3.8, 4) is 0 Å². The molecule has 0 aliphatic carbocycles. The van der Waals surface area contributed by atoms with Gasteiger partial charge in [0.05, 0.1) is 5.56 Å². The fourth-order valence-corrected chi connectivity index (χ4v) is 1.92. The summed E-state index contributed by atoms with van der Waals surface area (Å²) in [5.41, 5.74) is -0.378. The van der Waals surface area contributed by atoms with Crippen molar-refractivity contribution < 1.29 is 22.8 Å². The van der Waals surface area contributed by atoms with Gasteiger partial charge in [-0.2, -0.15) is 13.2 Å². The molecule has 0 radical (unpaired) electrons. The zero-order valence-corrected chi connectivity index (χ0v) is 12.1. The van der Waals surface area contributed by atoms with E-state index in [1.165, 1.54) is 31.3 Å². The highest BCUT2D eigenvalue weighted by atomic mass is 19.4. The van der Waals surface area contributed by atoms with Crippen LogP contribution in [0.2, 0.25) is 0 Å². The Hall–Kier alpha value is -2.83. The second kappa shape index (κ2) is 6.51. The first-order valence-electron chi connectivity index (χ1n) is 6.62. The lowest BCUT2D eigenvalue weighted by molar-refractivity contribution is -0.137. The highest BCUT2D eigenvalue weighted by Gasteiger charge is 2.30. The van der Waals surface area contributed by atoms with Gasteiger partial charge >= 0.3 is 6.18 Å². The van der Waals surface area contributed by atoms with Gasteiger partial charge in [-0.15, -0.1) is 0 Å². The summed E-state index contributed by atoms with van der Waals surface area (Å²) < 4.78 is 38.0. The Balaban J connectivity index is 2.21. The maximum atomic E-state index is 12.7. The summed E-state index contributed by atoms with van der Waals surface area (Å²) in [5.74, 6) is -1.02. The van der Waals surface area contributed by atoms with Gasteiger partial charge in [0.25, 0.3) is 11.8 Å². The van der Waals surface area contributed by atoms with E-state index in [2.05, 4.69) is 10.6 Å². The van der Waals surface area contributed by atoms with E-state index in [1.807, 2.05) is 0 Å². The molecule has 2 aromatic carbocycles. The summed E-state index contributed by atoms with van der Waals surface area (Å²) in [6.45, 7) is 0. The number of hydrogen-bond acceptors (Lipinski definition) is 2. The number of nitrogens with one attached hydrogen (secondary N) is 2. The Morgan fingerprint density at radius 2 is 1.52 bits per heavy atom. The topological polar surface area (TPSA) is 58.2 Å². The SMILES string of the molecule is CNC(=O)c1cccc(NC(=O)c2cccc(C(F)(F)F)c2)c1. The van der Waals surface area contributed by atoms with Crippen LogP contribution in [0.3, 0.4) is 0 Å². The molecule has 0 saturated carbocycles. The average molecular weight is 322 g/mol. The van der Waals surface area contributed by atoms with Gasteiger partial charge in [-0.3, -0.25) is 9.59 Å². The molecular formula is C16H13F3N2O2. The number of halogens is 3. The van der Waals surface area contributed by atoms with Crippen LogP contribution in [-0.2, 0) is 6.18 Å². The molecule has 120 valence electrons. The Bertz CT molecular complexity index is 742. The minimum absolute atomic E-state index is 0.120. The Labute approximate surface area is 130 Å². The highest BCUT2D eigenvalue weighted by molar-refractivity contribution is 6.05. The third-order valence-corrected chi connectivity index (χ3v) is 3.06. The maximum Gasteiger partial charge on any atom is 0.416 e. The predicted molar refractivity (Wildman–Crippen MR) is 79.2 cm³/mol. The molecule has 2 N–H and O–H groups in total. The number of anilines is 1. The van der Waals surface area contributed by atoms with Crippen LogP contribution < -0.4 is 10.6 Å². The highest BCUT2D eigenvalue weighted by Crippen LogP contribution is 2.29. The molecule has 0 atom stereocenters. The second-order valence-electron chi connectivity index (χ2n) is 4.69. The van der Waals surface area contributed by atoms with Crippen LogP contribution in [0.25, 0.3) is 0 Å². The van der Waals surface area contributed by atoms with Crippen molar-refractivity contribution >= 4 is 17.5 Å². The number of alkyl halides is 3. The Kier molecular flexibility index (Phi) is 4.68. The number of carbonyl (C=O) groups excluding carboxylic acids is 2. The van der Waals surface area contributed by atoms with E-state index in [0.717, 1.165) is 12.1 Å². The first kappa shape index (κ1) is 16.5. The van der Waals surface area contributed by atoms with Crippen LogP contribution in [0.4, 0.5) is 18.9 Å². The fraction of sp³-hybridized carbons (Fsp3) is 0.125. The summed E-state index contributed by atoms with van der Waals surface area (Å²) in [4.78, 5) is 23.6. The van der Waals surface area contributed by atoms with Crippen LogP contribution in [0.5, 0.6) is 0 Å². The number of carbonyl (C=O) groups is 2. The molecule has 0 saturated heterocycles. The lowest BCUT2D eigenvalue weighted by Crippen LogP contribution is -2.18. The molecule has 2 aromatic rings. The first-order valence-corrected chi connectivity index (χ1v) is 6.62. The summed E-state index contributed by atoms with van der Waals surface area (Å²) >= 11 is 0. The lowest BCUT2D eigenvalue weighted by Gasteiger charge is -2.10. The van der Waals surface area contributed by atoms with E-state index in [9.17, 15) is 22.8 Å². The number of rotatable bonds is 3. The standard InChI is InChI=1S/C16H13F3N2O2/c1-20-14(22)11-5-3-7-13(9-11)21-15(23)10-4-2-6-12(8-10)16(17,18)19/h2-9H,1H3,(H,20,22)(H,21,23). The third-order valence-electron chi connectivity index (χ3n) is 3.06. The molecule has 0 bridgehead atoms. The van der Waals surface area contributed by atoms with Crippen molar-refractivity contribution in [1.29, 1.82) is 0 Å². The second-order valence-corrected chi connectivity index (χ2v) is 4.69. The molecule has 7 heteroatoms. The molecule has 0 aliphatic rings. The van der Waals surface area contributed by atoms with E-state index < -0.39 is 17.6 Å². The lowest BCUT2D eigenvalue weighted by atomic mass is 10.1. The number of amides is 2. The van der Waals surface area contributed by atoms with Crippen molar-refractivity contribution in [2.75, 3.05) is 12.4 Å². The first-order chi connectivity index (χ1) is 10.8. The van der Waals surface area contributed by atoms with Crippen molar-refractivity contribution in [3.05, 3.63) is 65.2 Å². The van der Waals surface area contributed by atoms with Gasteiger partial charge in [0.1, 0.15) is 0 Å². The molecule has 0 aromatic heterocycles. The Morgan fingerprint density at radius 3 is 2.13 bits per heavy atom. The van der Waals surface area contributed by atoms with Crippen molar-refractivity contribution in [2.24, 2.45) is 0 Å². The third kappa shape index (κ3) is 4.09. The monoisotopic (exact) mass is 322 g/mol. The van der Waals surface area contributed by atoms with E-state index in [0.29, 0.717) is 11.3 Å². The molecule has 23 heavy (non-hydrogen) atoms. The minimum atomic E-state index is -4.52. The van der Waals surface area contributed by atoms with Gasteiger partial charge in [-0.05, 0) is 36.4 Å². The van der Waals surface area contributed by atoms with Crippen LogP contribution in [-0.4, -0.2) is 18.9 Å². The summed E-state index contributed by atoms with van der Waals surface area (Å²) in [6, 6.07) is 10.2. The van der Waals surface area contributed by atoms with Gasteiger partial charge in [-0.1, -0.05) is 12.1 Å². The van der Waals surface area contributed by atoms with Crippen LogP contribution in [0.15, 0.2) is 48.5 Å². The normalized spacial score (nSPS) is 11.0. The van der Waals surface area contributed by atoms with E-state index >= 15 is 0 Å². The number of benzene rings is 2. The fourth-order valence-electron chi connectivity index (χ4n) is 1.92. The molecular weight excluding hydrogens is 309 g/mol. The van der Waals surface area contributed by atoms with Crippen LogP contribution >= 0.6 is 0 Å². The van der Waals surface area contributed by atoms with E-state index in [4.69, 9.17) is 0 Å². The summed E-state index contributed by atoms with van der Waals surface area (Å²) in [7, 11) is 1.47. The van der Waals surface area contributed by atoms with Crippen molar-refractivity contribution in [2.45, 2.75) is 6.18 Å².